The van der Waals surface area contributed by atoms with E-state index in [0.29, 0.717) is 11.5 Å². The summed E-state index contributed by atoms with van der Waals surface area (Å²) in [5, 5.41) is 9.57. The van der Waals surface area contributed by atoms with E-state index in [2.05, 4.69) is 0 Å². The summed E-state index contributed by atoms with van der Waals surface area (Å²) in [6, 6.07) is 10.6. The van der Waals surface area contributed by atoms with Gasteiger partial charge in [0.15, 0.2) is 0 Å². The number of phenolic OH excluding ortho intramolecular Hbond substituents is 1. The van der Waals surface area contributed by atoms with Gasteiger partial charge >= 0.3 is 0 Å². The topological polar surface area (TPSA) is 47.9 Å². The zero-order valence-corrected chi connectivity index (χ0v) is 12.3. The van der Waals surface area contributed by atoms with Crippen LogP contribution in [0.1, 0.15) is 11.1 Å². The van der Waals surface area contributed by atoms with Crippen LogP contribution in [0.2, 0.25) is 0 Å². The fourth-order valence-corrected chi connectivity index (χ4v) is 1.88. The minimum atomic E-state index is 0.144. The Labute approximate surface area is 124 Å². The third-order valence-electron chi connectivity index (χ3n) is 2.99. The smallest absolute Gasteiger partial charge is 0.130 e. The number of phenols is 1. The monoisotopic (exact) mass is 286 g/mol. The highest BCUT2D eigenvalue weighted by molar-refractivity contribution is 5.54. The maximum absolute atomic E-state index is 9.57. The summed E-state index contributed by atoms with van der Waals surface area (Å²) < 4.78 is 15.9. The van der Waals surface area contributed by atoms with Crippen LogP contribution in [0.5, 0.6) is 23.0 Å². The summed E-state index contributed by atoms with van der Waals surface area (Å²) >= 11 is 0. The molecule has 0 aliphatic rings. The van der Waals surface area contributed by atoms with Gasteiger partial charge in [0.2, 0.25) is 0 Å². The number of aryl methyl sites for hydroxylation is 1. The van der Waals surface area contributed by atoms with Crippen molar-refractivity contribution in [2.24, 2.45) is 0 Å². The van der Waals surface area contributed by atoms with Gasteiger partial charge in [0.25, 0.3) is 0 Å². The van der Waals surface area contributed by atoms with Crippen molar-refractivity contribution in [1.82, 2.24) is 0 Å². The second-order valence-electron chi connectivity index (χ2n) is 4.52. The van der Waals surface area contributed by atoms with Crippen molar-refractivity contribution in [2.45, 2.75) is 6.92 Å². The second kappa shape index (κ2) is 6.70. The Balaban J connectivity index is 2.10. The summed E-state index contributed by atoms with van der Waals surface area (Å²) in [6.07, 6.45) is 3.30. The molecule has 0 radical (unpaired) electrons. The largest absolute Gasteiger partial charge is 0.508 e. The van der Waals surface area contributed by atoms with Crippen LogP contribution in [-0.2, 0) is 0 Å². The Morgan fingerprint density at radius 1 is 0.952 bits per heavy atom. The lowest BCUT2D eigenvalue weighted by molar-refractivity contribution is 0.406. The van der Waals surface area contributed by atoms with Crippen molar-refractivity contribution in [3.05, 3.63) is 53.8 Å². The molecule has 0 atom stereocenters. The third kappa shape index (κ3) is 3.92. The molecule has 2 rings (SSSR count). The molecule has 0 aromatic heterocycles. The van der Waals surface area contributed by atoms with Crippen molar-refractivity contribution in [3.63, 3.8) is 0 Å². The predicted molar refractivity (Wildman–Crippen MR) is 82.1 cm³/mol. The molecular weight excluding hydrogens is 268 g/mol. The fourth-order valence-electron chi connectivity index (χ4n) is 1.88. The summed E-state index contributed by atoms with van der Waals surface area (Å²) in [6.45, 7) is 1.97. The van der Waals surface area contributed by atoms with Gasteiger partial charge in [-0.15, -0.1) is 0 Å². The average molecular weight is 286 g/mol. The Hall–Kier alpha value is -2.62. The van der Waals surface area contributed by atoms with Gasteiger partial charge in [-0.2, -0.15) is 0 Å². The minimum Gasteiger partial charge on any atom is -0.508 e. The molecule has 2 aromatic carbocycles. The first-order valence-electron chi connectivity index (χ1n) is 6.48. The van der Waals surface area contributed by atoms with Crippen LogP contribution in [0, 0.1) is 6.92 Å². The summed E-state index contributed by atoms with van der Waals surface area (Å²) in [5.74, 6) is 2.19. The number of rotatable bonds is 5. The Bertz CT molecular complexity index is 647. The van der Waals surface area contributed by atoms with Gasteiger partial charge < -0.3 is 19.3 Å². The maximum Gasteiger partial charge on any atom is 0.130 e. The van der Waals surface area contributed by atoms with Crippen LogP contribution in [0.15, 0.2) is 42.7 Å². The van der Waals surface area contributed by atoms with Crippen LogP contribution in [0.3, 0.4) is 0 Å². The molecular formula is C17H18O4. The van der Waals surface area contributed by atoms with E-state index >= 15 is 0 Å². The molecule has 0 unspecified atom stereocenters. The highest BCUT2D eigenvalue weighted by Crippen LogP contribution is 2.25. The molecule has 4 heteroatoms. The van der Waals surface area contributed by atoms with Crippen LogP contribution in [0.25, 0.3) is 6.08 Å². The van der Waals surface area contributed by atoms with Gasteiger partial charge in [0.1, 0.15) is 23.0 Å². The molecule has 0 aliphatic carbocycles. The first-order chi connectivity index (χ1) is 10.1. The molecule has 0 saturated heterocycles. The molecule has 0 heterocycles. The molecule has 21 heavy (non-hydrogen) atoms. The summed E-state index contributed by atoms with van der Waals surface area (Å²) in [7, 11) is 3.18. The average Bonchev–Trinajstić information content (AvgIpc) is 2.48. The highest BCUT2D eigenvalue weighted by Gasteiger charge is 2.01. The molecule has 0 bridgehead atoms. The van der Waals surface area contributed by atoms with E-state index in [1.165, 1.54) is 0 Å². The maximum atomic E-state index is 9.57. The SMILES string of the molecule is COc1cc(O)cc(/C=C/Oc2ccc(C)c(OC)c2)c1. The zero-order chi connectivity index (χ0) is 15.2. The van der Waals surface area contributed by atoms with E-state index in [1.807, 2.05) is 25.1 Å². The predicted octanol–water partition coefficient (Wildman–Crippen LogP) is 3.77. The molecule has 0 fully saturated rings. The normalized spacial score (nSPS) is 10.6. The van der Waals surface area contributed by atoms with Crippen molar-refractivity contribution in [2.75, 3.05) is 14.2 Å². The van der Waals surface area contributed by atoms with Gasteiger partial charge in [0.05, 0.1) is 20.5 Å². The van der Waals surface area contributed by atoms with Crippen molar-refractivity contribution in [3.8, 4) is 23.0 Å². The Morgan fingerprint density at radius 3 is 2.48 bits per heavy atom. The zero-order valence-electron chi connectivity index (χ0n) is 12.3. The number of methoxy groups -OCH3 is 2. The standard InChI is InChI=1S/C17H18O4/c1-12-4-5-15(11-17(12)20-3)21-7-6-13-8-14(18)10-16(9-13)19-2/h4-11,18H,1-3H3/b7-6+. The number of benzene rings is 2. The van der Waals surface area contributed by atoms with Gasteiger partial charge in [-0.05, 0) is 42.3 Å². The molecule has 0 aliphatic heterocycles. The fraction of sp³-hybridized carbons (Fsp3) is 0.176. The number of aromatic hydroxyl groups is 1. The van der Waals surface area contributed by atoms with E-state index in [1.54, 1.807) is 44.8 Å². The van der Waals surface area contributed by atoms with Gasteiger partial charge in [0, 0.05) is 12.1 Å². The number of ether oxygens (including phenoxy) is 3. The van der Waals surface area contributed by atoms with Crippen LogP contribution in [-0.4, -0.2) is 19.3 Å². The molecule has 4 nitrogen and oxygen atoms in total. The second-order valence-corrected chi connectivity index (χ2v) is 4.52. The van der Waals surface area contributed by atoms with Crippen LogP contribution < -0.4 is 14.2 Å². The van der Waals surface area contributed by atoms with E-state index in [9.17, 15) is 5.11 Å². The Kier molecular flexibility index (Phi) is 4.72. The quantitative estimate of drug-likeness (QED) is 0.850. The molecule has 2 aromatic rings. The Morgan fingerprint density at radius 2 is 1.76 bits per heavy atom. The van der Waals surface area contributed by atoms with Gasteiger partial charge in [-0.3, -0.25) is 0 Å². The molecule has 0 amide bonds. The van der Waals surface area contributed by atoms with E-state index in [-0.39, 0.29) is 5.75 Å². The minimum absolute atomic E-state index is 0.144. The first kappa shape index (κ1) is 14.8. The lowest BCUT2D eigenvalue weighted by atomic mass is 10.2. The van der Waals surface area contributed by atoms with Crippen molar-refractivity contribution < 1.29 is 19.3 Å². The first-order valence-corrected chi connectivity index (χ1v) is 6.48. The van der Waals surface area contributed by atoms with Crippen LogP contribution in [0.4, 0.5) is 0 Å². The van der Waals surface area contributed by atoms with Crippen LogP contribution >= 0.6 is 0 Å². The third-order valence-corrected chi connectivity index (χ3v) is 2.99. The van der Waals surface area contributed by atoms with E-state index in [4.69, 9.17) is 14.2 Å². The lowest BCUT2D eigenvalue weighted by Crippen LogP contribution is -1.89. The van der Waals surface area contributed by atoms with Gasteiger partial charge in [-0.1, -0.05) is 6.07 Å². The molecule has 110 valence electrons. The van der Waals surface area contributed by atoms with E-state index in [0.717, 1.165) is 16.9 Å². The number of hydrogen-bond acceptors (Lipinski definition) is 4. The van der Waals surface area contributed by atoms with E-state index < -0.39 is 0 Å². The van der Waals surface area contributed by atoms with Crippen molar-refractivity contribution in [1.29, 1.82) is 0 Å². The highest BCUT2D eigenvalue weighted by atomic mass is 16.5. The van der Waals surface area contributed by atoms with Gasteiger partial charge in [-0.25, -0.2) is 0 Å². The number of hydrogen-bond donors (Lipinski definition) is 1. The lowest BCUT2D eigenvalue weighted by Gasteiger charge is -2.07. The summed E-state index contributed by atoms with van der Waals surface area (Å²) in [4.78, 5) is 0. The summed E-state index contributed by atoms with van der Waals surface area (Å²) in [5.41, 5.74) is 1.83. The molecule has 0 spiro atoms. The molecule has 1 N–H and O–H groups in total. The molecule has 0 saturated carbocycles. The van der Waals surface area contributed by atoms with Crippen molar-refractivity contribution >= 4 is 6.08 Å².